The Kier molecular flexibility index (Phi) is 3.25. The summed E-state index contributed by atoms with van der Waals surface area (Å²) in [5.41, 5.74) is 6.51. The third-order valence-corrected chi connectivity index (χ3v) is 1.90. The highest BCUT2D eigenvalue weighted by Gasteiger charge is 1.99. The van der Waals surface area contributed by atoms with Gasteiger partial charge in [0.05, 0.1) is 0 Å². The number of hydrogen-bond acceptors (Lipinski definition) is 2. The highest BCUT2D eigenvalue weighted by atomic mass is 15.2. The Morgan fingerprint density at radius 3 is 2.69 bits per heavy atom. The smallest absolute Gasteiger partial charge is 0.188 e. The van der Waals surface area contributed by atoms with Crippen molar-refractivity contribution in [1.29, 1.82) is 5.41 Å². The summed E-state index contributed by atoms with van der Waals surface area (Å²) in [6.45, 7) is 0.763. The molecule has 0 aliphatic rings. The van der Waals surface area contributed by atoms with Crippen LogP contribution in [0, 0.1) is 5.41 Å². The van der Waals surface area contributed by atoms with Crippen LogP contribution in [-0.4, -0.2) is 29.4 Å². The summed E-state index contributed by atoms with van der Waals surface area (Å²) in [5, 5.41) is 7.16. The van der Waals surface area contributed by atoms with E-state index < -0.39 is 0 Å². The fourth-order valence-corrected chi connectivity index (χ4v) is 0.967. The maximum atomic E-state index is 7.16. The van der Waals surface area contributed by atoms with Crippen molar-refractivity contribution >= 4 is 5.96 Å². The summed E-state index contributed by atoms with van der Waals surface area (Å²) < 4.78 is 0. The molecule has 0 atom stereocenters. The number of rotatable bonds is 3. The number of pyridine rings is 1. The van der Waals surface area contributed by atoms with Crippen LogP contribution in [-0.2, 0) is 6.42 Å². The fourth-order valence-electron chi connectivity index (χ4n) is 0.967. The second kappa shape index (κ2) is 4.45. The molecule has 1 rings (SSSR count). The predicted molar refractivity (Wildman–Crippen MR) is 52.5 cm³/mol. The van der Waals surface area contributed by atoms with Gasteiger partial charge in [-0.05, 0) is 24.1 Å². The molecule has 0 amide bonds. The van der Waals surface area contributed by atoms with Gasteiger partial charge in [-0.2, -0.15) is 0 Å². The van der Waals surface area contributed by atoms with E-state index in [9.17, 15) is 0 Å². The molecular weight excluding hydrogens is 164 g/mol. The summed E-state index contributed by atoms with van der Waals surface area (Å²) in [5.74, 6) is 0.106. The van der Waals surface area contributed by atoms with E-state index in [1.807, 2.05) is 19.2 Å². The summed E-state index contributed by atoms with van der Waals surface area (Å²) >= 11 is 0. The van der Waals surface area contributed by atoms with Crippen LogP contribution in [0.2, 0.25) is 0 Å². The molecule has 4 heteroatoms. The van der Waals surface area contributed by atoms with Crippen LogP contribution >= 0.6 is 0 Å². The number of nitrogens with zero attached hydrogens (tertiary/aromatic N) is 2. The summed E-state index contributed by atoms with van der Waals surface area (Å²) in [6.07, 6.45) is 4.42. The minimum absolute atomic E-state index is 0.106. The molecule has 0 fully saturated rings. The second-order valence-electron chi connectivity index (χ2n) is 2.91. The highest BCUT2D eigenvalue weighted by molar-refractivity contribution is 5.74. The standard InChI is InChI=1S/C9H14N4/c1-13(9(10)11)7-4-8-2-5-12-6-3-8/h2-3,5-6H,4,7H2,1H3,(H3,10,11). The Morgan fingerprint density at radius 1 is 1.54 bits per heavy atom. The van der Waals surface area contributed by atoms with Crippen molar-refractivity contribution in [2.45, 2.75) is 6.42 Å². The second-order valence-corrected chi connectivity index (χ2v) is 2.91. The molecule has 1 aromatic rings. The van der Waals surface area contributed by atoms with Crippen molar-refractivity contribution in [2.75, 3.05) is 13.6 Å². The van der Waals surface area contributed by atoms with E-state index in [0.717, 1.165) is 13.0 Å². The first kappa shape index (κ1) is 9.51. The molecule has 0 aliphatic carbocycles. The van der Waals surface area contributed by atoms with Gasteiger partial charge in [0, 0.05) is 26.0 Å². The van der Waals surface area contributed by atoms with Gasteiger partial charge in [0.1, 0.15) is 0 Å². The number of guanidine groups is 1. The summed E-state index contributed by atoms with van der Waals surface area (Å²) in [6, 6.07) is 3.93. The van der Waals surface area contributed by atoms with E-state index in [0.29, 0.717) is 0 Å². The SMILES string of the molecule is CN(CCc1ccncc1)C(=N)N. The van der Waals surface area contributed by atoms with Crippen molar-refractivity contribution in [3.63, 3.8) is 0 Å². The van der Waals surface area contributed by atoms with Gasteiger partial charge in [0.25, 0.3) is 0 Å². The van der Waals surface area contributed by atoms with Gasteiger partial charge in [0.2, 0.25) is 0 Å². The average molecular weight is 178 g/mol. The normalized spacial score (nSPS) is 9.62. The van der Waals surface area contributed by atoms with Gasteiger partial charge in [-0.3, -0.25) is 10.4 Å². The van der Waals surface area contributed by atoms with Gasteiger partial charge in [0.15, 0.2) is 5.96 Å². The van der Waals surface area contributed by atoms with E-state index in [1.54, 1.807) is 17.3 Å². The minimum atomic E-state index is 0.106. The number of likely N-dealkylation sites (N-methyl/N-ethyl adjacent to an activating group) is 1. The highest BCUT2D eigenvalue weighted by Crippen LogP contribution is 1.98. The molecule has 0 aromatic carbocycles. The largest absolute Gasteiger partial charge is 0.370 e. The predicted octanol–water partition coefficient (Wildman–Crippen LogP) is 0.449. The van der Waals surface area contributed by atoms with E-state index >= 15 is 0 Å². The monoisotopic (exact) mass is 178 g/mol. The van der Waals surface area contributed by atoms with Crippen LogP contribution in [0.25, 0.3) is 0 Å². The van der Waals surface area contributed by atoms with E-state index in [4.69, 9.17) is 11.1 Å². The topological polar surface area (TPSA) is 66.0 Å². The molecule has 1 aromatic heterocycles. The fraction of sp³-hybridized carbons (Fsp3) is 0.333. The zero-order valence-electron chi connectivity index (χ0n) is 7.70. The van der Waals surface area contributed by atoms with Crippen LogP contribution in [0.3, 0.4) is 0 Å². The Balaban J connectivity index is 2.39. The molecule has 3 N–H and O–H groups in total. The summed E-state index contributed by atoms with van der Waals surface area (Å²) in [4.78, 5) is 5.64. The zero-order valence-corrected chi connectivity index (χ0v) is 7.70. The van der Waals surface area contributed by atoms with Crippen LogP contribution in [0.1, 0.15) is 5.56 Å². The molecule has 13 heavy (non-hydrogen) atoms. The molecule has 4 nitrogen and oxygen atoms in total. The maximum absolute atomic E-state index is 7.16. The minimum Gasteiger partial charge on any atom is -0.370 e. The Morgan fingerprint density at radius 2 is 2.15 bits per heavy atom. The molecule has 0 saturated heterocycles. The Labute approximate surface area is 77.9 Å². The van der Waals surface area contributed by atoms with Crippen LogP contribution in [0.4, 0.5) is 0 Å². The zero-order chi connectivity index (χ0) is 9.68. The van der Waals surface area contributed by atoms with Crippen LogP contribution < -0.4 is 5.73 Å². The number of hydrogen-bond donors (Lipinski definition) is 2. The van der Waals surface area contributed by atoms with Gasteiger partial charge < -0.3 is 10.6 Å². The lowest BCUT2D eigenvalue weighted by molar-refractivity contribution is 0.499. The molecule has 0 saturated carbocycles. The van der Waals surface area contributed by atoms with Gasteiger partial charge in [-0.1, -0.05) is 0 Å². The third kappa shape index (κ3) is 3.11. The van der Waals surface area contributed by atoms with Gasteiger partial charge >= 0.3 is 0 Å². The van der Waals surface area contributed by atoms with E-state index in [-0.39, 0.29) is 5.96 Å². The van der Waals surface area contributed by atoms with Crippen molar-refractivity contribution < 1.29 is 0 Å². The molecule has 0 aliphatic heterocycles. The molecule has 70 valence electrons. The first-order chi connectivity index (χ1) is 6.20. The first-order valence-corrected chi connectivity index (χ1v) is 4.14. The number of aromatic nitrogens is 1. The van der Waals surface area contributed by atoms with E-state index in [2.05, 4.69) is 4.98 Å². The molecule has 0 radical (unpaired) electrons. The number of nitrogens with two attached hydrogens (primary N) is 1. The quantitative estimate of drug-likeness (QED) is 0.521. The lowest BCUT2D eigenvalue weighted by Gasteiger charge is -2.15. The lowest BCUT2D eigenvalue weighted by Crippen LogP contribution is -2.34. The molecule has 0 bridgehead atoms. The summed E-state index contributed by atoms with van der Waals surface area (Å²) in [7, 11) is 1.81. The van der Waals surface area contributed by atoms with Crippen LogP contribution in [0.5, 0.6) is 0 Å². The average Bonchev–Trinajstić information content (AvgIpc) is 2.15. The molecule has 1 heterocycles. The van der Waals surface area contributed by atoms with Gasteiger partial charge in [-0.25, -0.2) is 0 Å². The van der Waals surface area contributed by atoms with E-state index in [1.165, 1.54) is 5.56 Å². The molecule has 0 spiro atoms. The molecular formula is C9H14N4. The number of nitrogens with one attached hydrogen (secondary N) is 1. The van der Waals surface area contributed by atoms with Crippen molar-refractivity contribution in [3.05, 3.63) is 30.1 Å². The van der Waals surface area contributed by atoms with Crippen molar-refractivity contribution in [2.24, 2.45) is 5.73 Å². The van der Waals surface area contributed by atoms with Crippen molar-refractivity contribution in [1.82, 2.24) is 9.88 Å². The molecule has 0 unspecified atom stereocenters. The first-order valence-electron chi connectivity index (χ1n) is 4.14. The third-order valence-electron chi connectivity index (χ3n) is 1.90. The Hall–Kier alpha value is -1.58. The Bertz CT molecular complexity index is 270. The maximum Gasteiger partial charge on any atom is 0.188 e. The van der Waals surface area contributed by atoms with Gasteiger partial charge in [-0.15, -0.1) is 0 Å². The lowest BCUT2D eigenvalue weighted by atomic mass is 10.2. The van der Waals surface area contributed by atoms with Crippen molar-refractivity contribution in [3.8, 4) is 0 Å². The van der Waals surface area contributed by atoms with Crippen LogP contribution in [0.15, 0.2) is 24.5 Å².